The van der Waals surface area contributed by atoms with E-state index in [1.54, 1.807) is 36.4 Å². The average Bonchev–Trinajstić information content (AvgIpc) is 3.49. The average molecular weight is 656 g/mol. The number of carbonyl (C=O) groups is 5. The molecule has 0 radical (unpaired) electrons. The number of hydrogen-bond donors (Lipinski definition) is 5. The lowest BCUT2D eigenvalue weighted by atomic mass is 10.0. The number of nitrogens with zero attached hydrogens (tertiary/aromatic N) is 1. The zero-order valence-electron chi connectivity index (χ0n) is 26.7. The molecule has 1 fully saturated rings. The largest absolute Gasteiger partial charge is 0.508 e. The van der Waals surface area contributed by atoms with Crippen LogP contribution in [0.5, 0.6) is 11.5 Å². The Morgan fingerprint density at radius 2 is 1.69 bits per heavy atom. The zero-order chi connectivity index (χ0) is 33.9. The maximum absolute atomic E-state index is 13.5. The second-order valence-corrected chi connectivity index (χ2v) is 12.0. The molecule has 0 spiro atoms. The van der Waals surface area contributed by atoms with Gasteiger partial charge >= 0.3 is 0 Å². The van der Waals surface area contributed by atoms with E-state index in [2.05, 4.69) is 21.3 Å². The third kappa shape index (κ3) is 9.57. The summed E-state index contributed by atoms with van der Waals surface area (Å²) in [6.07, 6.45) is 1.87. The quantitative estimate of drug-likeness (QED) is 0.261. The number of rotatable bonds is 7. The molecular weight excluding hydrogens is 614 g/mol. The summed E-state index contributed by atoms with van der Waals surface area (Å²) in [7, 11) is 0. The van der Waals surface area contributed by atoms with Gasteiger partial charge in [-0.1, -0.05) is 48.5 Å². The van der Waals surface area contributed by atoms with Gasteiger partial charge in [0.25, 0.3) is 5.91 Å². The molecule has 1 saturated heterocycles. The number of phenolic OH excluding ortho intramolecular Hbond substituents is 1. The molecule has 0 unspecified atom stereocenters. The molecule has 5 rings (SSSR count). The number of amides is 5. The number of benzene rings is 3. The van der Waals surface area contributed by atoms with Crippen molar-refractivity contribution < 1.29 is 33.8 Å². The van der Waals surface area contributed by atoms with Crippen molar-refractivity contribution in [3.8, 4) is 11.5 Å². The molecule has 2 aliphatic rings. The molecule has 12 heteroatoms. The predicted octanol–water partition coefficient (Wildman–Crippen LogP) is 2.34. The Bertz CT molecular complexity index is 1630. The first-order valence-electron chi connectivity index (χ1n) is 16.3. The summed E-state index contributed by atoms with van der Waals surface area (Å²) in [6, 6.07) is 18.7. The summed E-state index contributed by atoms with van der Waals surface area (Å²) in [5.41, 5.74) is 2.76. The minimum atomic E-state index is -1.07. The number of likely N-dealkylation sites (tertiary alicyclic amines) is 1. The molecule has 5 N–H and O–H groups in total. The first-order valence-corrected chi connectivity index (χ1v) is 16.3. The summed E-state index contributed by atoms with van der Waals surface area (Å²) in [5, 5.41) is 20.9. The minimum absolute atomic E-state index is 0.0307. The highest BCUT2D eigenvalue weighted by molar-refractivity contribution is 5.99. The van der Waals surface area contributed by atoms with E-state index < -0.39 is 29.8 Å². The number of phenols is 1. The van der Waals surface area contributed by atoms with Crippen LogP contribution in [-0.2, 0) is 38.7 Å². The summed E-state index contributed by atoms with van der Waals surface area (Å²) in [5.74, 6) is -1.27. The minimum Gasteiger partial charge on any atom is -0.508 e. The second-order valence-electron chi connectivity index (χ2n) is 12.0. The number of hydrogen-bond acceptors (Lipinski definition) is 7. The van der Waals surface area contributed by atoms with Gasteiger partial charge in [0, 0.05) is 45.4 Å². The second kappa shape index (κ2) is 16.4. The molecule has 2 atom stereocenters. The van der Waals surface area contributed by atoms with Crippen molar-refractivity contribution in [1.82, 2.24) is 26.2 Å². The SMILES string of the molecule is O=C1CC[C@@H](C(=O)NCc2cccc(CN3CCCC3=O)c2)NC(=O)c2ccccc2OCCCNC(=O)[C@H](Cc2ccc(O)cc2)N1. The molecule has 3 aromatic rings. The predicted molar refractivity (Wildman–Crippen MR) is 177 cm³/mol. The van der Waals surface area contributed by atoms with Crippen molar-refractivity contribution in [3.63, 3.8) is 0 Å². The maximum Gasteiger partial charge on any atom is 0.255 e. The van der Waals surface area contributed by atoms with Gasteiger partial charge in [-0.05, 0) is 60.2 Å². The molecule has 0 aliphatic carbocycles. The Morgan fingerprint density at radius 3 is 2.48 bits per heavy atom. The van der Waals surface area contributed by atoms with Crippen LogP contribution in [0.4, 0.5) is 0 Å². The molecule has 2 heterocycles. The normalized spacial score (nSPS) is 19.4. The van der Waals surface area contributed by atoms with Crippen molar-refractivity contribution in [2.75, 3.05) is 19.7 Å². The van der Waals surface area contributed by atoms with Crippen LogP contribution in [0.2, 0.25) is 0 Å². The van der Waals surface area contributed by atoms with Gasteiger partial charge in [-0.2, -0.15) is 0 Å². The topological polar surface area (TPSA) is 166 Å². The Hall–Kier alpha value is -5.39. The summed E-state index contributed by atoms with van der Waals surface area (Å²) < 4.78 is 5.88. The number of nitrogens with one attached hydrogen (secondary N) is 4. The molecule has 252 valence electrons. The smallest absolute Gasteiger partial charge is 0.255 e. The van der Waals surface area contributed by atoms with Crippen molar-refractivity contribution >= 4 is 29.5 Å². The molecule has 48 heavy (non-hydrogen) atoms. The Labute approximate surface area is 279 Å². The molecule has 5 amide bonds. The highest BCUT2D eigenvalue weighted by Crippen LogP contribution is 2.19. The van der Waals surface area contributed by atoms with E-state index in [4.69, 9.17) is 4.74 Å². The lowest BCUT2D eigenvalue weighted by molar-refractivity contribution is -0.129. The standard InChI is InChI=1S/C36H41N5O7/c42-27-13-11-24(12-14-27)21-30-36(47)37-17-5-19-48-31-9-2-1-8-28(31)34(45)40-29(15-16-32(43)39-30)35(46)38-22-25-6-3-7-26(20-25)23-41-18-4-10-33(41)44/h1-3,6-9,11-14,20,29-30,42H,4-5,10,15-19,21-23H2,(H,37,47)(H,38,46)(H,39,43)(H,40,45)/t29-,30-/m0/s1. The van der Waals surface area contributed by atoms with E-state index in [1.165, 1.54) is 12.1 Å². The molecular formula is C36H41N5O7. The van der Waals surface area contributed by atoms with Crippen LogP contribution in [-0.4, -0.2) is 71.3 Å². The van der Waals surface area contributed by atoms with E-state index in [9.17, 15) is 29.1 Å². The van der Waals surface area contributed by atoms with Gasteiger partial charge in [-0.25, -0.2) is 0 Å². The number of fused-ring (bicyclic) bond motifs is 1. The van der Waals surface area contributed by atoms with Crippen LogP contribution < -0.4 is 26.0 Å². The summed E-state index contributed by atoms with van der Waals surface area (Å²) in [6.45, 7) is 1.91. The molecule has 0 aromatic heterocycles. The van der Waals surface area contributed by atoms with Gasteiger partial charge in [0.05, 0.1) is 12.2 Å². The van der Waals surface area contributed by atoms with Gasteiger partial charge in [-0.15, -0.1) is 0 Å². The first kappa shape index (κ1) is 34.0. The lowest BCUT2D eigenvalue weighted by Crippen LogP contribution is -2.50. The Balaban J connectivity index is 1.30. The van der Waals surface area contributed by atoms with Crippen molar-refractivity contribution in [1.29, 1.82) is 0 Å². The molecule has 2 aliphatic heterocycles. The third-order valence-electron chi connectivity index (χ3n) is 8.32. The van der Waals surface area contributed by atoms with Gasteiger partial charge in [0.15, 0.2) is 0 Å². The fourth-order valence-electron chi connectivity index (χ4n) is 5.73. The molecule has 3 aromatic carbocycles. The van der Waals surface area contributed by atoms with E-state index in [0.717, 1.165) is 29.7 Å². The van der Waals surface area contributed by atoms with E-state index in [1.807, 2.05) is 29.2 Å². The van der Waals surface area contributed by atoms with Crippen LogP contribution >= 0.6 is 0 Å². The number of ether oxygens (including phenoxy) is 1. The molecule has 0 bridgehead atoms. The van der Waals surface area contributed by atoms with Gasteiger partial charge in [0.1, 0.15) is 23.6 Å². The number of aromatic hydroxyl groups is 1. The van der Waals surface area contributed by atoms with Crippen LogP contribution in [0.25, 0.3) is 0 Å². The van der Waals surface area contributed by atoms with Crippen LogP contribution in [0.3, 0.4) is 0 Å². The number of para-hydroxylation sites is 1. The van der Waals surface area contributed by atoms with Gasteiger partial charge in [-0.3, -0.25) is 24.0 Å². The van der Waals surface area contributed by atoms with Crippen LogP contribution in [0.1, 0.15) is 59.2 Å². The number of carbonyl (C=O) groups excluding carboxylic acids is 5. The molecule has 12 nitrogen and oxygen atoms in total. The van der Waals surface area contributed by atoms with E-state index in [-0.39, 0.29) is 62.1 Å². The fourth-order valence-corrected chi connectivity index (χ4v) is 5.73. The van der Waals surface area contributed by atoms with E-state index in [0.29, 0.717) is 25.1 Å². The van der Waals surface area contributed by atoms with Gasteiger partial charge in [0.2, 0.25) is 23.6 Å². The Morgan fingerprint density at radius 1 is 0.896 bits per heavy atom. The summed E-state index contributed by atoms with van der Waals surface area (Å²) in [4.78, 5) is 67.2. The maximum atomic E-state index is 13.5. The molecule has 0 saturated carbocycles. The van der Waals surface area contributed by atoms with Crippen LogP contribution in [0.15, 0.2) is 72.8 Å². The highest BCUT2D eigenvalue weighted by Gasteiger charge is 2.27. The van der Waals surface area contributed by atoms with Crippen molar-refractivity contribution in [2.24, 2.45) is 0 Å². The summed E-state index contributed by atoms with van der Waals surface area (Å²) >= 11 is 0. The highest BCUT2D eigenvalue weighted by atomic mass is 16.5. The Kier molecular flexibility index (Phi) is 11.6. The van der Waals surface area contributed by atoms with Crippen LogP contribution in [0, 0.1) is 0 Å². The van der Waals surface area contributed by atoms with Crippen molar-refractivity contribution in [3.05, 3.63) is 95.1 Å². The first-order chi connectivity index (χ1) is 23.2. The monoisotopic (exact) mass is 655 g/mol. The third-order valence-corrected chi connectivity index (χ3v) is 8.32. The van der Waals surface area contributed by atoms with Gasteiger partial charge < -0.3 is 36.0 Å². The fraction of sp³-hybridized carbons (Fsp3) is 0.361. The lowest BCUT2D eigenvalue weighted by Gasteiger charge is -2.22. The zero-order valence-corrected chi connectivity index (χ0v) is 26.7. The van der Waals surface area contributed by atoms with E-state index >= 15 is 0 Å². The van der Waals surface area contributed by atoms with Crippen molar-refractivity contribution in [2.45, 2.75) is 63.7 Å².